The Morgan fingerprint density at radius 1 is 0.762 bits per heavy atom. The average molecular weight is 298 g/mol. The highest BCUT2D eigenvalue weighted by Crippen LogP contribution is 2.12. The Morgan fingerprint density at radius 3 is 1.90 bits per heavy atom. The van der Waals surface area contributed by atoms with Crippen LogP contribution in [-0.4, -0.2) is 16.2 Å². The van der Waals surface area contributed by atoms with Gasteiger partial charge in [-0.3, -0.25) is 4.79 Å². The van der Waals surface area contributed by atoms with Crippen LogP contribution in [0.5, 0.6) is 0 Å². The second kappa shape index (κ2) is 15.4. The van der Waals surface area contributed by atoms with Gasteiger partial charge in [0.15, 0.2) is 0 Å². The largest absolute Gasteiger partial charge is 0.513 e. The van der Waals surface area contributed by atoms with Gasteiger partial charge in [0.25, 0.3) is 0 Å². The number of aliphatic hydroxyl groups excluding tert-OH is 1. The third-order valence-corrected chi connectivity index (χ3v) is 3.76. The van der Waals surface area contributed by atoms with E-state index in [0.717, 1.165) is 44.9 Å². The van der Waals surface area contributed by atoms with Crippen molar-refractivity contribution in [2.24, 2.45) is 0 Å². The number of allylic oxidation sites excluding steroid dienone is 2. The van der Waals surface area contributed by atoms with Crippen molar-refractivity contribution >= 4 is 5.97 Å². The summed E-state index contributed by atoms with van der Waals surface area (Å²) in [5, 5.41) is 18.3. The zero-order valence-corrected chi connectivity index (χ0v) is 13.8. The predicted molar refractivity (Wildman–Crippen MR) is 88.7 cm³/mol. The first-order valence-corrected chi connectivity index (χ1v) is 8.76. The van der Waals surface area contributed by atoms with E-state index >= 15 is 0 Å². The number of hydrogen-bond acceptors (Lipinski definition) is 2. The summed E-state index contributed by atoms with van der Waals surface area (Å²) in [6, 6.07) is 0. The highest BCUT2D eigenvalue weighted by molar-refractivity contribution is 5.66. The SMILES string of the molecule is CCCCCCCC/C=C(/O)CCCCCCCC(=O)O. The summed E-state index contributed by atoms with van der Waals surface area (Å²) in [6.45, 7) is 2.23. The molecular formula is C18H34O3. The van der Waals surface area contributed by atoms with Gasteiger partial charge in [-0.25, -0.2) is 0 Å². The molecule has 0 aromatic rings. The number of carboxylic acids is 1. The van der Waals surface area contributed by atoms with Crippen LogP contribution in [0, 0.1) is 0 Å². The maximum atomic E-state index is 10.3. The van der Waals surface area contributed by atoms with Crippen LogP contribution < -0.4 is 0 Å². The van der Waals surface area contributed by atoms with Gasteiger partial charge in [-0.2, -0.15) is 0 Å². The van der Waals surface area contributed by atoms with Crippen molar-refractivity contribution in [2.75, 3.05) is 0 Å². The smallest absolute Gasteiger partial charge is 0.303 e. The van der Waals surface area contributed by atoms with Crippen LogP contribution in [0.3, 0.4) is 0 Å². The van der Waals surface area contributed by atoms with Gasteiger partial charge in [-0.1, -0.05) is 58.3 Å². The third-order valence-electron chi connectivity index (χ3n) is 3.76. The molecule has 0 saturated heterocycles. The van der Waals surface area contributed by atoms with Crippen molar-refractivity contribution in [1.29, 1.82) is 0 Å². The van der Waals surface area contributed by atoms with Crippen LogP contribution >= 0.6 is 0 Å². The number of aliphatic carboxylic acids is 1. The first-order chi connectivity index (χ1) is 10.2. The minimum absolute atomic E-state index is 0.281. The van der Waals surface area contributed by atoms with E-state index in [9.17, 15) is 9.90 Å². The summed E-state index contributed by atoms with van der Waals surface area (Å²) < 4.78 is 0. The van der Waals surface area contributed by atoms with Crippen LogP contribution in [-0.2, 0) is 4.79 Å². The maximum Gasteiger partial charge on any atom is 0.303 e. The molecule has 0 aliphatic heterocycles. The van der Waals surface area contributed by atoms with Crippen molar-refractivity contribution in [3.05, 3.63) is 11.8 Å². The predicted octanol–water partition coefficient (Wildman–Crippen LogP) is 5.99. The fourth-order valence-corrected chi connectivity index (χ4v) is 2.41. The Hall–Kier alpha value is -0.990. The summed E-state index contributed by atoms with van der Waals surface area (Å²) in [5.41, 5.74) is 0. The Balaban J connectivity index is 3.30. The fourth-order valence-electron chi connectivity index (χ4n) is 2.41. The molecule has 0 aliphatic carbocycles. The number of carbonyl (C=O) groups is 1. The van der Waals surface area contributed by atoms with E-state index in [1.54, 1.807) is 0 Å². The topological polar surface area (TPSA) is 57.5 Å². The third kappa shape index (κ3) is 17.0. The minimum Gasteiger partial charge on any atom is -0.513 e. The zero-order chi connectivity index (χ0) is 15.8. The highest BCUT2D eigenvalue weighted by Gasteiger charge is 1.98. The van der Waals surface area contributed by atoms with Crippen LogP contribution in [0.15, 0.2) is 11.8 Å². The van der Waals surface area contributed by atoms with Gasteiger partial charge in [0.1, 0.15) is 0 Å². The van der Waals surface area contributed by atoms with Crippen molar-refractivity contribution in [1.82, 2.24) is 0 Å². The Labute approximate surface area is 130 Å². The molecule has 3 nitrogen and oxygen atoms in total. The van der Waals surface area contributed by atoms with E-state index in [4.69, 9.17) is 5.11 Å². The lowest BCUT2D eigenvalue weighted by Crippen LogP contribution is -1.93. The van der Waals surface area contributed by atoms with Gasteiger partial charge in [0.05, 0.1) is 5.76 Å². The molecule has 0 aliphatic rings. The Kier molecular flexibility index (Phi) is 14.7. The lowest BCUT2D eigenvalue weighted by atomic mass is 10.1. The lowest BCUT2D eigenvalue weighted by Gasteiger charge is -2.02. The summed E-state index contributed by atoms with van der Waals surface area (Å²) >= 11 is 0. The van der Waals surface area contributed by atoms with E-state index in [0.29, 0.717) is 5.76 Å². The molecule has 124 valence electrons. The fraction of sp³-hybridized carbons (Fsp3) is 0.833. The highest BCUT2D eigenvalue weighted by atomic mass is 16.4. The molecule has 3 heteroatoms. The van der Waals surface area contributed by atoms with Gasteiger partial charge >= 0.3 is 5.97 Å². The Bertz CT molecular complexity index is 272. The molecule has 0 spiro atoms. The number of rotatable bonds is 15. The number of unbranched alkanes of at least 4 members (excludes halogenated alkanes) is 10. The molecule has 0 aromatic heterocycles. The molecule has 0 heterocycles. The summed E-state index contributed by atoms with van der Waals surface area (Å²) in [7, 11) is 0. The molecule has 2 N–H and O–H groups in total. The first-order valence-electron chi connectivity index (χ1n) is 8.76. The molecule has 0 unspecified atom stereocenters. The van der Waals surface area contributed by atoms with E-state index < -0.39 is 5.97 Å². The molecule has 0 radical (unpaired) electrons. The van der Waals surface area contributed by atoms with E-state index in [1.807, 2.05) is 6.08 Å². The van der Waals surface area contributed by atoms with Crippen LogP contribution in [0.25, 0.3) is 0 Å². The molecule has 0 rings (SSSR count). The van der Waals surface area contributed by atoms with E-state index in [-0.39, 0.29) is 6.42 Å². The monoisotopic (exact) mass is 298 g/mol. The minimum atomic E-state index is -0.703. The summed E-state index contributed by atoms with van der Waals surface area (Å²) in [4.78, 5) is 10.3. The first kappa shape index (κ1) is 20.0. The van der Waals surface area contributed by atoms with Gasteiger partial charge in [-0.05, 0) is 31.8 Å². The molecular weight excluding hydrogens is 264 g/mol. The van der Waals surface area contributed by atoms with E-state index in [2.05, 4.69) is 6.92 Å². The van der Waals surface area contributed by atoms with Crippen molar-refractivity contribution in [2.45, 2.75) is 96.8 Å². The van der Waals surface area contributed by atoms with Gasteiger partial charge in [-0.15, -0.1) is 0 Å². The molecule has 0 atom stereocenters. The number of aliphatic hydroxyl groups is 1. The Morgan fingerprint density at radius 2 is 1.29 bits per heavy atom. The molecule has 0 amide bonds. The molecule has 0 bridgehead atoms. The quantitative estimate of drug-likeness (QED) is 0.288. The van der Waals surface area contributed by atoms with Gasteiger partial charge < -0.3 is 10.2 Å². The summed E-state index contributed by atoms with van der Waals surface area (Å²) in [5.74, 6) is -0.167. The zero-order valence-electron chi connectivity index (χ0n) is 13.8. The lowest BCUT2D eigenvalue weighted by molar-refractivity contribution is -0.137. The number of carboxylic acid groups (broad SMARTS) is 1. The van der Waals surface area contributed by atoms with E-state index in [1.165, 1.54) is 38.5 Å². The molecule has 0 fully saturated rings. The normalized spacial score (nSPS) is 11.8. The molecule has 0 aromatic carbocycles. The van der Waals surface area contributed by atoms with Crippen molar-refractivity contribution in [3.63, 3.8) is 0 Å². The standard InChI is InChI=1S/C18H34O3/c1-2-3-4-5-6-8-11-14-17(19)15-12-9-7-10-13-16-18(20)21/h14,19H,2-13,15-16H2,1H3,(H,20,21)/b17-14+. The second-order valence-electron chi connectivity index (χ2n) is 5.91. The second-order valence-corrected chi connectivity index (χ2v) is 5.91. The molecule has 0 saturated carbocycles. The van der Waals surface area contributed by atoms with Crippen LogP contribution in [0.1, 0.15) is 96.8 Å². The van der Waals surface area contributed by atoms with Crippen molar-refractivity contribution in [3.8, 4) is 0 Å². The number of hydrogen-bond donors (Lipinski definition) is 2. The molecule has 21 heavy (non-hydrogen) atoms. The maximum absolute atomic E-state index is 10.3. The van der Waals surface area contributed by atoms with Crippen LogP contribution in [0.2, 0.25) is 0 Å². The van der Waals surface area contributed by atoms with Gasteiger partial charge in [0.2, 0.25) is 0 Å². The van der Waals surface area contributed by atoms with Gasteiger partial charge in [0, 0.05) is 12.8 Å². The van der Waals surface area contributed by atoms with Crippen molar-refractivity contribution < 1.29 is 15.0 Å². The summed E-state index contributed by atoms with van der Waals surface area (Å²) in [6.07, 6.45) is 16.7. The average Bonchev–Trinajstić information content (AvgIpc) is 2.45. The van der Waals surface area contributed by atoms with Crippen LogP contribution in [0.4, 0.5) is 0 Å².